The van der Waals surface area contributed by atoms with Crippen LogP contribution in [0.5, 0.6) is 0 Å². The molecule has 0 bridgehead atoms. The van der Waals surface area contributed by atoms with Gasteiger partial charge in [0.25, 0.3) is 0 Å². The molecule has 0 aliphatic rings. The van der Waals surface area contributed by atoms with Crippen molar-refractivity contribution in [3.8, 4) is 0 Å². The van der Waals surface area contributed by atoms with Crippen LogP contribution in [0.25, 0.3) is 0 Å². The average Bonchev–Trinajstić information content (AvgIpc) is 2.90. The number of hydrogen-bond donors (Lipinski definition) is 1. The van der Waals surface area contributed by atoms with Crippen LogP contribution in [0, 0.1) is 0 Å². The maximum atomic E-state index is 6.09. The molecule has 1 aromatic carbocycles. The minimum Gasteiger partial charge on any atom is -0.467 e. The third-order valence-corrected chi connectivity index (χ3v) is 2.78. The Hall–Kier alpha value is -1.58. The predicted octanol–water partition coefficient (Wildman–Crippen LogP) is 2.52. The van der Waals surface area contributed by atoms with Gasteiger partial charge >= 0.3 is 0 Å². The van der Waals surface area contributed by atoms with Crippen molar-refractivity contribution in [2.24, 2.45) is 5.73 Å². The zero-order valence-corrected chi connectivity index (χ0v) is 9.93. The topological polar surface area (TPSA) is 48.4 Å². The minimum absolute atomic E-state index is 0.193. The Morgan fingerprint density at radius 3 is 2.59 bits per heavy atom. The van der Waals surface area contributed by atoms with Crippen molar-refractivity contribution in [3.05, 3.63) is 59.5 Å². The summed E-state index contributed by atoms with van der Waals surface area (Å²) in [6, 6.07) is 11.8. The molecule has 17 heavy (non-hydrogen) atoms. The van der Waals surface area contributed by atoms with Gasteiger partial charge < -0.3 is 14.9 Å². The van der Waals surface area contributed by atoms with Crippen molar-refractivity contribution in [1.82, 2.24) is 0 Å². The SMILES string of the molecule is COCCc1ccc(C(N)c2ccco2)cc1. The largest absolute Gasteiger partial charge is 0.467 e. The summed E-state index contributed by atoms with van der Waals surface area (Å²) in [4.78, 5) is 0. The highest BCUT2D eigenvalue weighted by molar-refractivity contribution is 5.29. The highest BCUT2D eigenvalue weighted by atomic mass is 16.5. The van der Waals surface area contributed by atoms with Crippen LogP contribution in [0.3, 0.4) is 0 Å². The van der Waals surface area contributed by atoms with Gasteiger partial charge in [0.15, 0.2) is 0 Å². The standard InChI is InChI=1S/C14H17NO2/c1-16-10-8-11-4-6-12(7-5-11)14(15)13-3-2-9-17-13/h2-7,9,14H,8,10,15H2,1H3. The van der Waals surface area contributed by atoms with Crippen LogP contribution in [0.1, 0.15) is 22.9 Å². The fourth-order valence-corrected chi connectivity index (χ4v) is 1.74. The van der Waals surface area contributed by atoms with Crippen molar-refractivity contribution in [3.63, 3.8) is 0 Å². The summed E-state index contributed by atoms with van der Waals surface area (Å²) in [5, 5.41) is 0. The Kier molecular flexibility index (Phi) is 3.96. The van der Waals surface area contributed by atoms with E-state index >= 15 is 0 Å². The third-order valence-electron chi connectivity index (χ3n) is 2.78. The summed E-state index contributed by atoms with van der Waals surface area (Å²) in [6.07, 6.45) is 2.56. The fourth-order valence-electron chi connectivity index (χ4n) is 1.74. The highest BCUT2D eigenvalue weighted by Gasteiger charge is 2.10. The molecule has 2 aromatic rings. The van der Waals surface area contributed by atoms with Crippen molar-refractivity contribution in [2.75, 3.05) is 13.7 Å². The van der Waals surface area contributed by atoms with E-state index in [-0.39, 0.29) is 6.04 Å². The molecule has 0 aliphatic carbocycles. The van der Waals surface area contributed by atoms with E-state index in [0.29, 0.717) is 0 Å². The maximum absolute atomic E-state index is 6.09. The van der Waals surface area contributed by atoms with Crippen LogP contribution in [0.2, 0.25) is 0 Å². The van der Waals surface area contributed by atoms with Crippen molar-refractivity contribution in [2.45, 2.75) is 12.5 Å². The Morgan fingerprint density at radius 2 is 2.00 bits per heavy atom. The number of hydrogen-bond acceptors (Lipinski definition) is 3. The number of nitrogens with two attached hydrogens (primary N) is 1. The van der Waals surface area contributed by atoms with Crippen LogP contribution in [-0.2, 0) is 11.2 Å². The van der Waals surface area contributed by atoms with Gasteiger partial charge in [-0.3, -0.25) is 0 Å². The van der Waals surface area contributed by atoms with Crippen LogP contribution in [0.15, 0.2) is 47.1 Å². The summed E-state index contributed by atoms with van der Waals surface area (Å²) in [6.45, 7) is 0.740. The van der Waals surface area contributed by atoms with Crippen LogP contribution >= 0.6 is 0 Å². The van der Waals surface area contributed by atoms with Gasteiger partial charge in [0.2, 0.25) is 0 Å². The van der Waals surface area contributed by atoms with Crippen LogP contribution in [0.4, 0.5) is 0 Å². The number of rotatable bonds is 5. The van der Waals surface area contributed by atoms with E-state index in [1.54, 1.807) is 13.4 Å². The normalized spacial score (nSPS) is 12.6. The van der Waals surface area contributed by atoms with Gasteiger partial charge in [-0.15, -0.1) is 0 Å². The molecule has 0 saturated heterocycles. The molecule has 0 spiro atoms. The second kappa shape index (κ2) is 5.66. The van der Waals surface area contributed by atoms with Crippen LogP contribution in [-0.4, -0.2) is 13.7 Å². The zero-order chi connectivity index (χ0) is 12.1. The van der Waals surface area contributed by atoms with Gasteiger partial charge in [-0.1, -0.05) is 24.3 Å². The Bertz CT molecular complexity index is 434. The smallest absolute Gasteiger partial charge is 0.124 e. The molecule has 0 amide bonds. The summed E-state index contributed by atoms with van der Waals surface area (Å²) >= 11 is 0. The first kappa shape index (κ1) is 11.9. The molecule has 90 valence electrons. The molecule has 3 heteroatoms. The number of methoxy groups -OCH3 is 1. The lowest BCUT2D eigenvalue weighted by Crippen LogP contribution is -2.10. The lowest BCUT2D eigenvalue weighted by molar-refractivity contribution is 0.202. The minimum atomic E-state index is -0.193. The van der Waals surface area contributed by atoms with Gasteiger partial charge in [-0.2, -0.15) is 0 Å². The van der Waals surface area contributed by atoms with Crippen molar-refractivity contribution < 1.29 is 9.15 Å². The highest BCUT2D eigenvalue weighted by Crippen LogP contribution is 2.20. The van der Waals surface area contributed by atoms with Crippen molar-refractivity contribution >= 4 is 0 Å². The molecular formula is C14H17NO2. The van der Waals surface area contributed by atoms with E-state index in [9.17, 15) is 0 Å². The molecule has 1 heterocycles. The second-order valence-electron chi connectivity index (χ2n) is 3.98. The molecule has 1 unspecified atom stereocenters. The van der Waals surface area contributed by atoms with E-state index < -0.39 is 0 Å². The molecule has 1 aromatic heterocycles. The first-order valence-electron chi connectivity index (χ1n) is 5.68. The lowest BCUT2D eigenvalue weighted by atomic mass is 10.0. The molecule has 0 fully saturated rings. The molecular weight excluding hydrogens is 214 g/mol. The molecule has 2 rings (SSSR count). The Morgan fingerprint density at radius 1 is 1.24 bits per heavy atom. The van der Waals surface area contributed by atoms with Crippen molar-refractivity contribution in [1.29, 1.82) is 0 Å². The molecule has 0 radical (unpaired) electrons. The molecule has 0 aliphatic heterocycles. The van der Waals surface area contributed by atoms with Gasteiger partial charge in [-0.05, 0) is 29.7 Å². The van der Waals surface area contributed by atoms with E-state index in [1.807, 2.05) is 24.3 Å². The van der Waals surface area contributed by atoms with Gasteiger partial charge in [0.1, 0.15) is 5.76 Å². The lowest BCUT2D eigenvalue weighted by Gasteiger charge is -2.10. The van der Waals surface area contributed by atoms with E-state index in [0.717, 1.165) is 24.4 Å². The Labute approximate surface area is 101 Å². The number of ether oxygens (including phenoxy) is 1. The molecule has 1 atom stereocenters. The van der Waals surface area contributed by atoms with Gasteiger partial charge in [0.05, 0.1) is 18.9 Å². The predicted molar refractivity (Wildman–Crippen MR) is 66.8 cm³/mol. The fraction of sp³-hybridized carbons (Fsp3) is 0.286. The maximum Gasteiger partial charge on any atom is 0.124 e. The number of furan rings is 1. The van der Waals surface area contributed by atoms with Gasteiger partial charge in [-0.25, -0.2) is 0 Å². The summed E-state index contributed by atoms with van der Waals surface area (Å²) in [7, 11) is 1.71. The molecule has 2 N–H and O–H groups in total. The number of benzene rings is 1. The monoisotopic (exact) mass is 231 g/mol. The summed E-state index contributed by atoms with van der Waals surface area (Å²) in [5.41, 5.74) is 8.40. The van der Waals surface area contributed by atoms with E-state index in [2.05, 4.69) is 12.1 Å². The molecule has 0 saturated carbocycles. The second-order valence-corrected chi connectivity index (χ2v) is 3.98. The average molecular weight is 231 g/mol. The Balaban J connectivity index is 2.07. The molecule has 3 nitrogen and oxygen atoms in total. The van der Waals surface area contributed by atoms with Crippen LogP contribution < -0.4 is 5.73 Å². The zero-order valence-electron chi connectivity index (χ0n) is 9.93. The quantitative estimate of drug-likeness (QED) is 0.860. The first-order valence-corrected chi connectivity index (χ1v) is 5.68. The van der Waals surface area contributed by atoms with Gasteiger partial charge in [0, 0.05) is 7.11 Å². The third kappa shape index (κ3) is 2.96. The first-order chi connectivity index (χ1) is 8.31. The summed E-state index contributed by atoms with van der Waals surface area (Å²) < 4.78 is 10.3. The van der Waals surface area contributed by atoms with E-state index in [1.165, 1.54) is 5.56 Å². The summed E-state index contributed by atoms with van der Waals surface area (Å²) in [5.74, 6) is 0.787. The van der Waals surface area contributed by atoms with E-state index in [4.69, 9.17) is 14.9 Å².